The van der Waals surface area contributed by atoms with Crippen LogP contribution in [0.3, 0.4) is 0 Å². The minimum absolute atomic E-state index is 0.290. The molecular formula is C28H25N5OS. The number of rotatable bonds is 8. The number of nitrogens with zero attached hydrogens (tertiary/aromatic N) is 4. The summed E-state index contributed by atoms with van der Waals surface area (Å²) in [5.74, 6) is 0.332. The van der Waals surface area contributed by atoms with Gasteiger partial charge < -0.3 is 10.4 Å². The van der Waals surface area contributed by atoms with Gasteiger partial charge in [-0.15, -0.1) is 11.3 Å². The molecule has 4 heterocycles. The molecule has 0 spiro atoms. The monoisotopic (exact) mass is 479 g/mol. The Morgan fingerprint density at radius 1 is 0.800 bits per heavy atom. The van der Waals surface area contributed by atoms with Gasteiger partial charge in [-0.25, -0.2) is 9.97 Å². The number of benzene rings is 1. The Morgan fingerprint density at radius 3 is 2.20 bits per heavy atom. The zero-order valence-corrected chi connectivity index (χ0v) is 20.0. The van der Waals surface area contributed by atoms with Gasteiger partial charge in [-0.05, 0) is 48.9 Å². The van der Waals surface area contributed by atoms with Crippen LogP contribution in [-0.2, 0) is 0 Å². The highest BCUT2D eigenvalue weighted by Gasteiger charge is 2.35. The third kappa shape index (κ3) is 5.11. The highest BCUT2D eigenvalue weighted by molar-refractivity contribution is 7.15. The molecule has 0 aliphatic carbocycles. The largest absolute Gasteiger partial charge is 0.387 e. The zero-order valence-electron chi connectivity index (χ0n) is 19.2. The SMILES string of the molecule is Cc1nc(-c2ccncc2)sc1C(O)C(c1ccccn1)C(Nc1ccccn1)c1ccccc1. The summed E-state index contributed by atoms with van der Waals surface area (Å²) < 4.78 is 0. The molecule has 0 fully saturated rings. The fourth-order valence-corrected chi connectivity index (χ4v) is 5.31. The van der Waals surface area contributed by atoms with E-state index in [4.69, 9.17) is 4.98 Å². The van der Waals surface area contributed by atoms with Crippen LogP contribution in [0.2, 0.25) is 0 Å². The Kier molecular flexibility index (Phi) is 6.88. The maximum atomic E-state index is 11.9. The Balaban J connectivity index is 1.61. The molecule has 2 N–H and O–H groups in total. The molecule has 0 aliphatic rings. The molecular weight excluding hydrogens is 454 g/mol. The lowest BCUT2D eigenvalue weighted by atomic mass is 9.84. The number of pyridine rings is 3. The Hall–Kier alpha value is -3.94. The van der Waals surface area contributed by atoms with Gasteiger partial charge >= 0.3 is 0 Å². The van der Waals surface area contributed by atoms with Crippen molar-refractivity contribution in [1.82, 2.24) is 19.9 Å². The first-order chi connectivity index (χ1) is 17.2. The van der Waals surface area contributed by atoms with E-state index in [2.05, 4.69) is 32.4 Å². The summed E-state index contributed by atoms with van der Waals surface area (Å²) in [7, 11) is 0. The highest BCUT2D eigenvalue weighted by atomic mass is 32.1. The average molecular weight is 480 g/mol. The maximum Gasteiger partial charge on any atom is 0.126 e. The van der Waals surface area contributed by atoms with Crippen LogP contribution in [0.15, 0.2) is 104 Å². The minimum Gasteiger partial charge on any atom is -0.387 e. The predicted octanol–water partition coefficient (Wildman–Crippen LogP) is 5.97. The Morgan fingerprint density at radius 2 is 1.51 bits per heavy atom. The lowest BCUT2D eigenvalue weighted by Gasteiger charge is -2.32. The van der Waals surface area contributed by atoms with Crippen LogP contribution >= 0.6 is 11.3 Å². The number of hydrogen-bond donors (Lipinski definition) is 2. The van der Waals surface area contributed by atoms with Gasteiger partial charge in [0.25, 0.3) is 0 Å². The highest BCUT2D eigenvalue weighted by Crippen LogP contribution is 2.45. The average Bonchev–Trinajstić information content (AvgIpc) is 3.32. The molecule has 0 bridgehead atoms. The lowest BCUT2D eigenvalue weighted by molar-refractivity contribution is 0.136. The number of aliphatic hydroxyl groups is 1. The molecule has 1 aromatic carbocycles. The minimum atomic E-state index is -0.848. The number of aromatic nitrogens is 4. The summed E-state index contributed by atoms with van der Waals surface area (Å²) in [6.07, 6.45) is 6.17. The molecule has 4 aromatic heterocycles. The molecule has 5 aromatic rings. The van der Waals surface area contributed by atoms with Crippen LogP contribution in [0.25, 0.3) is 10.6 Å². The smallest absolute Gasteiger partial charge is 0.126 e. The van der Waals surface area contributed by atoms with Crippen LogP contribution in [0.1, 0.15) is 39.9 Å². The van der Waals surface area contributed by atoms with Crippen molar-refractivity contribution in [3.05, 3.63) is 125 Å². The standard InChI is InChI=1S/C28H25N5OS/c1-19-27(35-28(32-19)21-13-17-29-18-14-21)26(34)24(22-11-5-7-15-30-22)25(20-9-3-2-4-10-20)33-23-12-6-8-16-31-23/h2-18,24-26,34H,1H3,(H,31,33). The molecule has 7 heteroatoms. The van der Waals surface area contributed by atoms with Crippen molar-refractivity contribution in [1.29, 1.82) is 0 Å². The van der Waals surface area contributed by atoms with E-state index in [0.717, 1.165) is 38.2 Å². The molecule has 0 radical (unpaired) electrons. The number of aryl methyl sites for hydroxylation is 1. The summed E-state index contributed by atoms with van der Waals surface area (Å²) in [4.78, 5) is 18.8. The summed E-state index contributed by atoms with van der Waals surface area (Å²) in [6.45, 7) is 1.94. The van der Waals surface area contributed by atoms with Gasteiger partial charge in [0.1, 0.15) is 16.9 Å². The van der Waals surface area contributed by atoms with Gasteiger partial charge in [0.15, 0.2) is 0 Å². The van der Waals surface area contributed by atoms with Crippen LogP contribution in [-0.4, -0.2) is 25.0 Å². The Labute approximate surface area is 208 Å². The zero-order chi connectivity index (χ0) is 24.0. The summed E-state index contributed by atoms with van der Waals surface area (Å²) in [6, 6.07) is 25.2. The Bertz CT molecular complexity index is 1350. The van der Waals surface area contributed by atoms with Crippen LogP contribution in [0.5, 0.6) is 0 Å². The second kappa shape index (κ2) is 10.5. The van der Waals surface area contributed by atoms with E-state index in [1.165, 1.54) is 11.3 Å². The number of thiazole rings is 1. The quantitative estimate of drug-likeness (QED) is 0.285. The summed E-state index contributed by atoms with van der Waals surface area (Å²) >= 11 is 1.50. The molecule has 0 amide bonds. The van der Waals surface area contributed by atoms with Crippen molar-refractivity contribution in [3.63, 3.8) is 0 Å². The summed E-state index contributed by atoms with van der Waals surface area (Å²) in [5, 5.41) is 16.4. The summed E-state index contributed by atoms with van der Waals surface area (Å²) in [5.41, 5.74) is 3.60. The van der Waals surface area contributed by atoms with Gasteiger partial charge in [-0.3, -0.25) is 9.97 Å². The predicted molar refractivity (Wildman–Crippen MR) is 139 cm³/mol. The van der Waals surface area contributed by atoms with E-state index in [1.54, 1.807) is 24.8 Å². The normalized spacial score (nSPS) is 13.7. The molecule has 174 valence electrons. The first-order valence-electron chi connectivity index (χ1n) is 11.4. The van der Waals surface area contributed by atoms with Gasteiger partial charge in [0, 0.05) is 36.0 Å². The van der Waals surface area contributed by atoms with E-state index in [1.807, 2.05) is 73.7 Å². The second-order valence-corrected chi connectivity index (χ2v) is 9.21. The van der Waals surface area contributed by atoms with Crippen LogP contribution in [0, 0.1) is 6.92 Å². The van der Waals surface area contributed by atoms with Crippen molar-refractivity contribution in [2.45, 2.75) is 25.0 Å². The molecule has 3 unspecified atom stereocenters. The molecule has 0 saturated carbocycles. The molecule has 6 nitrogen and oxygen atoms in total. The first kappa shape index (κ1) is 22.8. The van der Waals surface area contributed by atoms with Crippen molar-refractivity contribution >= 4 is 17.2 Å². The topological polar surface area (TPSA) is 83.8 Å². The number of anilines is 1. The number of aliphatic hydroxyl groups excluding tert-OH is 1. The first-order valence-corrected chi connectivity index (χ1v) is 12.2. The van der Waals surface area contributed by atoms with Crippen LogP contribution in [0.4, 0.5) is 5.82 Å². The van der Waals surface area contributed by atoms with Crippen LogP contribution < -0.4 is 5.32 Å². The fraction of sp³-hybridized carbons (Fsp3) is 0.143. The molecule has 0 saturated heterocycles. The van der Waals surface area contributed by atoms with Gasteiger partial charge in [0.2, 0.25) is 0 Å². The van der Waals surface area contributed by atoms with E-state index in [9.17, 15) is 5.11 Å². The van der Waals surface area contributed by atoms with Crippen molar-refractivity contribution in [2.75, 3.05) is 5.32 Å². The van der Waals surface area contributed by atoms with E-state index in [-0.39, 0.29) is 6.04 Å². The fourth-order valence-electron chi connectivity index (χ4n) is 4.20. The van der Waals surface area contributed by atoms with Gasteiger partial charge in [0.05, 0.1) is 22.5 Å². The van der Waals surface area contributed by atoms with Crippen molar-refractivity contribution in [2.24, 2.45) is 0 Å². The van der Waals surface area contributed by atoms with Gasteiger partial charge in [-0.1, -0.05) is 42.5 Å². The second-order valence-electron chi connectivity index (χ2n) is 8.18. The lowest BCUT2D eigenvalue weighted by Crippen LogP contribution is -2.26. The van der Waals surface area contributed by atoms with E-state index < -0.39 is 12.0 Å². The number of nitrogens with one attached hydrogen (secondary N) is 1. The molecule has 5 rings (SSSR count). The molecule has 3 atom stereocenters. The van der Waals surface area contributed by atoms with E-state index >= 15 is 0 Å². The molecule has 35 heavy (non-hydrogen) atoms. The van der Waals surface area contributed by atoms with Crippen molar-refractivity contribution in [3.8, 4) is 10.6 Å². The third-order valence-electron chi connectivity index (χ3n) is 5.88. The third-order valence-corrected chi connectivity index (χ3v) is 7.16. The van der Waals surface area contributed by atoms with Gasteiger partial charge in [-0.2, -0.15) is 0 Å². The van der Waals surface area contributed by atoms with Crippen molar-refractivity contribution < 1.29 is 5.11 Å². The maximum absolute atomic E-state index is 11.9. The number of hydrogen-bond acceptors (Lipinski definition) is 7. The van der Waals surface area contributed by atoms with E-state index in [0.29, 0.717) is 0 Å². The molecule has 0 aliphatic heterocycles.